The molecule has 0 spiro atoms. The largest absolute Gasteiger partial charge is 0.347 e. The maximum atomic E-state index is 13.6. The van der Waals surface area contributed by atoms with Crippen molar-refractivity contribution >= 4 is 73.9 Å². The first-order valence-electron chi connectivity index (χ1n) is 22.0. The number of amides is 8. The topological polar surface area (TPSA) is 293 Å². The second-order valence-corrected chi connectivity index (χ2v) is 19.4. The minimum absolute atomic E-state index is 0.00132. The highest BCUT2D eigenvalue weighted by Crippen LogP contribution is 2.23. The van der Waals surface area contributed by atoms with E-state index in [1.165, 1.54) is 6.92 Å². The molecule has 0 aliphatic rings. The molecule has 0 saturated carbocycles. The van der Waals surface area contributed by atoms with Crippen molar-refractivity contribution in [1.82, 2.24) is 42.5 Å². The maximum absolute atomic E-state index is 13.6. The molecule has 8 amide bonds. The quantitative estimate of drug-likeness (QED) is 0.0347. The van der Waals surface area contributed by atoms with Crippen LogP contribution in [0.5, 0.6) is 0 Å². The van der Waals surface area contributed by atoms with Crippen LogP contribution >= 0.6 is 7.80 Å². The molecule has 2 rings (SSSR count). The first-order chi connectivity index (χ1) is 31.1. The molecule has 2 aromatic rings. The smallest absolute Gasteiger partial charge is 0.243 e. The number of hydrogen-bond donors (Lipinski definition) is 9. The van der Waals surface area contributed by atoms with Crippen LogP contribution in [-0.2, 0) is 60.8 Å². The normalized spacial score (nSPS) is 13.7. The number of rotatable bonds is 29. The van der Waals surface area contributed by atoms with Crippen LogP contribution in [0.25, 0.3) is 0 Å². The number of ketones is 1. The number of carbonyl (C=O) groups excluding carboxylic acids is 10. The Morgan fingerprint density at radius 3 is 1.35 bits per heavy atom. The fourth-order valence-corrected chi connectivity index (χ4v) is 6.72. The van der Waals surface area contributed by atoms with E-state index in [0.29, 0.717) is 5.56 Å². The molecule has 2 aromatic carbocycles. The zero-order valence-corrected chi connectivity index (χ0v) is 39.9. The Balaban J connectivity index is 1.98. The summed E-state index contributed by atoms with van der Waals surface area (Å²) in [7, 11) is 0.864. The Labute approximate surface area is 388 Å². The van der Waals surface area contributed by atoms with Crippen LogP contribution in [0.1, 0.15) is 71.4 Å². The van der Waals surface area contributed by atoms with E-state index in [1.807, 2.05) is 27.7 Å². The van der Waals surface area contributed by atoms with Crippen LogP contribution in [0, 0.1) is 11.8 Å². The van der Waals surface area contributed by atoms with Gasteiger partial charge in [0.05, 0.1) is 32.2 Å². The minimum atomic E-state index is -1.23. The minimum Gasteiger partial charge on any atom is -0.347 e. The number of carbonyl (C=O) groups is 10. The third kappa shape index (κ3) is 22.8. The standard InChI is InChI=1S/C45H67BN9O10P/c1-27(2)19-33(42(62)49-23-29(5)56)54-44(64)35(21-30-13-9-7-10-14-30)52-38(58)24-48-37(57)18-17-32(47)41(61)50-25-39(59)53-36(22-31-15-11-8-12-16-31)45(65)55-34(20-28(3)4)43(63)51-26-40(60)66(6)46/h7-16,27-28,32-36H,17-26,46-47H2,1-6H3,(H,48,57)(H,49,62)(H,50,61)(H,51,63)(H,52,58)(H,53,59)(H,54,64)(H,55,65). The number of nitrogens with two attached hydrogens (primary N) is 1. The van der Waals surface area contributed by atoms with E-state index in [1.54, 1.807) is 74.9 Å². The zero-order valence-electron chi connectivity index (χ0n) is 39.0. The number of hydrogen-bond acceptors (Lipinski definition) is 11. The molecule has 0 aliphatic heterocycles. The third-order valence-electron chi connectivity index (χ3n) is 9.86. The predicted molar refractivity (Wildman–Crippen MR) is 253 cm³/mol. The monoisotopic (exact) mass is 935 g/mol. The average molecular weight is 936 g/mol. The summed E-state index contributed by atoms with van der Waals surface area (Å²) in [6.07, 6.45) is 0.233. The zero-order chi connectivity index (χ0) is 49.3. The molecule has 0 bridgehead atoms. The van der Waals surface area contributed by atoms with E-state index in [0.717, 1.165) is 5.56 Å². The van der Waals surface area contributed by atoms with Gasteiger partial charge in [0.1, 0.15) is 37.5 Å². The van der Waals surface area contributed by atoms with Gasteiger partial charge in [0.25, 0.3) is 0 Å². The molecule has 6 atom stereocenters. The lowest BCUT2D eigenvalue weighted by Gasteiger charge is -2.24. The van der Waals surface area contributed by atoms with Crippen molar-refractivity contribution < 1.29 is 47.9 Å². The van der Waals surface area contributed by atoms with Crippen molar-refractivity contribution in [3.05, 3.63) is 71.8 Å². The molecule has 21 heteroatoms. The van der Waals surface area contributed by atoms with E-state index in [4.69, 9.17) is 5.73 Å². The summed E-state index contributed by atoms with van der Waals surface area (Å²) in [4.78, 5) is 128. The van der Waals surface area contributed by atoms with Gasteiger partial charge in [-0.05, 0) is 55.8 Å². The summed E-state index contributed by atoms with van der Waals surface area (Å²) in [5.74, 6) is -5.43. The van der Waals surface area contributed by atoms with Crippen molar-refractivity contribution in [2.45, 2.75) is 103 Å². The van der Waals surface area contributed by atoms with Crippen LogP contribution in [-0.4, -0.2) is 129 Å². The van der Waals surface area contributed by atoms with Crippen LogP contribution < -0.4 is 48.3 Å². The lowest BCUT2D eigenvalue weighted by Crippen LogP contribution is -2.56. The number of benzene rings is 2. The number of Topliss-reactive ketones (excluding diaryl/α,β-unsaturated/α-hetero) is 1. The Hall–Kier alpha value is -6.01. The Bertz CT molecular complexity index is 1970. The molecule has 0 aromatic heterocycles. The van der Waals surface area contributed by atoms with Gasteiger partial charge in [-0.3, -0.25) is 47.9 Å². The van der Waals surface area contributed by atoms with Crippen molar-refractivity contribution in [3.8, 4) is 0 Å². The molecule has 0 fully saturated rings. The summed E-state index contributed by atoms with van der Waals surface area (Å²) in [5, 5.41) is 20.6. The molecule has 6 unspecified atom stereocenters. The third-order valence-corrected chi connectivity index (χ3v) is 11.0. The van der Waals surface area contributed by atoms with Crippen molar-refractivity contribution in [2.24, 2.45) is 17.6 Å². The Morgan fingerprint density at radius 2 is 0.939 bits per heavy atom. The second kappa shape index (κ2) is 29.5. The van der Waals surface area contributed by atoms with Crippen LogP contribution in [0.3, 0.4) is 0 Å². The van der Waals surface area contributed by atoms with Gasteiger partial charge in [0, 0.05) is 19.3 Å². The first kappa shape index (κ1) is 56.1. The van der Waals surface area contributed by atoms with Gasteiger partial charge in [-0.15, -0.1) is 0 Å². The summed E-state index contributed by atoms with van der Waals surface area (Å²) in [6, 6.07) is 12.2. The molecule has 0 aliphatic carbocycles. The van der Waals surface area contributed by atoms with Crippen molar-refractivity contribution in [3.63, 3.8) is 0 Å². The van der Waals surface area contributed by atoms with Gasteiger partial charge < -0.3 is 48.3 Å². The molecule has 10 N–H and O–H groups in total. The first-order valence-corrected chi connectivity index (χ1v) is 24.2. The molecule has 66 heavy (non-hydrogen) atoms. The summed E-state index contributed by atoms with van der Waals surface area (Å²) in [5.41, 5.74) is 7.35. The highest BCUT2D eigenvalue weighted by molar-refractivity contribution is 7.94. The van der Waals surface area contributed by atoms with Gasteiger partial charge in [-0.1, -0.05) is 96.2 Å². The molecule has 360 valence electrons. The lowest BCUT2D eigenvalue weighted by molar-refractivity contribution is -0.133. The molecule has 0 saturated heterocycles. The highest BCUT2D eigenvalue weighted by Gasteiger charge is 2.30. The van der Waals surface area contributed by atoms with Gasteiger partial charge in [0.2, 0.25) is 47.3 Å². The highest BCUT2D eigenvalue weighted by atomic mass is 31.1. The SMILES string of the molecule is BP(C)C(=O)CNC(=O)C(CC(C)C)NC(=O)C(Cc1ccccc1)NC(=O)CNC(=O)C(N)CCC(=O)NCC(=O)NC(Cc1ccccc1)C(=O)NC(CC(C)C)C(=O)NCC(C)=O. The second-order valence-electron chi connectivity index (χ2n) is 17.1. The fraction of sp³-hybridized carbons (Fsp3) is 0.511. The summed E-state index contributed by atoms with van der Waals surface area (Å²) in [6.45, 7) is 9.14. The van der Waals surface area contributed by atoms with Crippen LogP contribution in [0.15, 0.2) is 60.7 Å². The van der Waals surface area contributed by atoms with Crippen LogP contribution in [0.4, 0.5) is 0 Å². The molecule has 0 radical (unpaired) electrons. The molecule has 19 nitrogen and oxygen atoms in total. The van der Waals surface area contributed by atoms with Crippen molar-refractivity contribution in [1.29, 1.82) is 0 Å². The summed E-state index contributed by atoms with van der Waals surface area (Å²) < 4.78 is 0. The van der Waals surface area contributed by atoms with Gasteiger partial charge in [-0.2, -0.15) is 0 Å². The molecular formula is C45H67BN9O10P. The van der Waals surface area contributed by atoms with E-state index >= 15 is 0 Å². The number of nitrogens with one attached hydrogen (secondary N) is 8. The molecule has 0 heterocycles. The van der Waals surface area contributed by atoms with Crippen LogP contribution in [0.2, 0.25) is 0 Å². The van der Waals surface area contributed by atoms with E-state index in [-0.39, 0.29) is 74.8 Å². The van der Waals surface area contributed by atoms with Gasteiger partial charge in [0.15, 0.2) is 5.52 Å². The maximum Gasteiger partial charge on any atom is 0.243 e. The van der Waals surface area contributed by atoms with Gasteiger partial charge >= 0.3 is 0 Å². The van der Waals surface area contributed by atoms with E-state index in [2.05, 4.69) is 42.5 Å². The summed E-state index contributed by atoms with van der Waals surface area (Å²) >= 11 is 0. The Morgan fingerprint density at radius 1 is 0.530 bits per heavy atom. The van der Waals surface area contributed by atoms with E-state index < -0.39 is 98.4 Å². The fourth-order valence-electron chi connectivity index (χ4n) is 6.32. The molecular weight excluding hydrogens is 868 g/mol. The van der Waals surface area contributed by atoms with Crippen molar-refractivity contribution in [2.75, 3.05) is 32.8 Å². The predicted octanol–water partition coefficient (Wildman–Crippen LogP) is -1.15. The lowest BCUT2D eigenvalue weighted by atomic mass is 10.0. The van der Waals surface area contributed by atoms with E-state index in [9.17, 15) is 47.9 Å². The Kier molecular flexibility index (Phi) is 25.1. The van der Waals surface area contributed by atoms with Gasteiger partial charge in [-0.25, -0.2) is 0 Å². The average Bonchev–Trinajstić information content (AvgIpc) is 3.26.